The third-order valence-corrected chi connectivity index (χ3v) is 4.29. The van der Waals surface area contributed by atoms with Crippen molar-refractivity contribution in [1.29, 1.82) is 0 Å². The number of nitrogens with one attached hydrogen (secondary N) is 3. The number of aliphatic hydroxyl groups is 1. The molecule has 0 aromatic heterocycles. The summed E-state index contributed by atoms with van der Waals surface area (Å²) in [5.74, 6) is 0.786. The highest BCUT2D eigenvalue weighted by atomic mass is 35.5. The number of piperidine rings is 1. The van der Waals surface area contributed by atoms with Crippen LogP contribution in [0.15, 0.2) is 48.5 Å². The number of carbonyl (C=O) groups excluding carboxylic acids is 1. The van der Waals surface area contributed by atoms with Gasteiger partial charge < -0.3 is 25.8 Å². The second-order valence-corrected chi connectivity index (χ2v) is 6.08. The fourth-order valence-corrected chi connectivity index (χ4v) is 2.93. The summed E-state index contributed by atoms with van der Waals surface area (Å²) in [7, 11) is 1.64. The van der Waals surface area contributed by atoms with E-state index in [4.69, 9.17) is 4.74 Å². The second kappa shape index (κ2) is 9.43. The molecule has 1 aliphatic heterocycles. The monoisotopic (exact) mass is 377 g/mol. The molecule has 0 saturated carbocycles. The van der Waals surface area contributed by atoms with Crippen LogP contribution in [0.5, 0.6) is 5.75 Å². The maximum Gasteiger partial charge on any atom is 0.319 e. The average molecular weight is 378 g/mol. The van der Waals surface area contributed by atoms with Crippen molar-refractivity contribution in [3.63, 3.8) is 0 Å². The quantitative estimate of drug-likeness (QED) is 0.660. The lowest BCUT2D eigenvalue weighted by atomic mass is 10.0. The van der Waals surface area contributed by atoms with Gasteiger partial charge in [0.2, 0.25) is 0 Å². The number of β-amino-alcohol motifs (C(OH)–C–C–N with tert-alkyl or cyclic N) is 1. The number of methoxy groups -OCH3 is 1. The third-order valence-electron chi connectivity index (χ3n) is 4.29. The first-order valence-corrected chi connectivity index (χ1v) is 8.36. The van der Waals surface area contributed by atoms with Crippen LogP contribution in [-0.4, -0.2) is 43.5 Å². The van der Waals surface area contributed by atoms with Gasteiger partial charge in [0.05, 0.1) is 19.3 Å². The SMILES string of the molecule is COc1cccc(-c2cccc(NC(=O)N[C@@H]3CCNC[C@H]3O)c2)c1.Cl. The molecule has 1 saturated heterocycles. The van der Waals surface area contributed by atoms with Crippen molar-refractivity contribution >= 4 is 24.1 Å². The summed E-state index contributed by atoms with van der Waals surface area (Å²) in [6.07, 6.45) is 0.140. The zero-order valence-electron chi connectivity index (χ0n) is 14.6. The van der Waals surface area contributed by atoms with Gasteiger partial charge in [-0.25, -0.2) is 4.79 Å². The highest BCUT2D eigenvalue weighted by Crippen LogP contribution is 2.26. The molecular weight excluding hydrogens is 354 g/mol. The molecule has 7 heteroatoms. The van der Waals surface area contributed by atoms with Crippen molar-refractivity contribution in [3.8, 4) is 16.9 Å². The van der Waals surface area contributed by atoms with Crippen LogP contribution in [0.3, 0.4) is 0 Å². The first-order chi connectivity index (χ1) is 12.2. The summed E-state index contributed by atoms with van der Waals surface area (Å²) in [5, 5.41) is 18.7. The van der Waals surface area contributed by atoms with Crippen molar-refractivity contribution in [2.45, 2.75) is 18.6 Å². The molecule has 1 aliphatic rings. The van der Waals surface area contributed by atoms with E-state index < -0.39 is 6.10 Å². The van der Waals surface area contributed by atoms with Crippen LogP contribution >= 0.6 is 12.4 Å². The normalized spacial score (nSPS) is 19.2. The van der Waals surface area contributed by atoms with Gasteiger partial charge in [-0.2, -0.15) is 0 Å². The van der Waals surface area contributed by atoms with Crippen LogP contribution in [-0.2, 0) is 0 Å². The summed E-state index contributed by atoms with van der Waals surface area (Å²) in [5.41, 5.74) is 2.69. The standard InChI is InChI=1S/C19H23N3O3.ClH/c1-25-16-7-3-5-14(11-16)13-4-2-6-15(10-13)21-19(24)22-17-8-9-20-12-18(17)23;/h2-7,10-11,17-18,20,23H,8-9,12H2,1H3,(H2,21,22,24);1H/t17-,18-;/m1./s1. The predicted molar refractivity (Wildman–Crippen MR) is 105 cm³/mol. The van der Waals surface area contributed by atoms with Crippen LogP contribution in [0, 0.1) is 0 Å². The molecule has 140 valence electrons. The Kier molecular flexibility index (Phi) is 7.26. The molecule has 2 aromatic carbocycles. The molecule has 1 fully saturated rings. The van der Waals surface area contributed by atoms with Gasteiger partial charge in [0.1, 0.15) is 5.75 Å². The number of hydrogen-bond donors (Lipinski definition) is 4. The molecule has 0 bridgehead atoms. The fraction of sp³-hybridized carbons (Fsp3) is 0.316. The first kappa shape index (κ1) is 20.0. The molecule has 0 aliphatic carbocycles. The van der Waals surface area contributed by atoms with E-state index >= 15 is 0 Å². The van der Waals surface area contributed by atoms with Gasteiger partial charge >= 0.3 is 6.03 Å². The van der Waals surface area contributed by atoms with Gasteiger partial charge in [0.25, 0.3) is 0 Å². The molecule has 3 rings (SSSR count). The Morgan fingerprint density at radius 1 is 1.19 bits per heavy atom. The van der Waals surface area contributed by atoms with Crippen molar-refractivity contribution in [2.24, 2.45) is 0 Å². The van der Waals surface area contributed by atoms with Crippen molar-refractivity contribution in [3.05, 3.63) is 48.5 Å². The Bertz CT molecular complexity index is 741. The number of rotatable bonds is 4. The fourth-order valence-electron chi connectivity index (χ4n) is 2.93. The molecule has 0 unspecified atom stereocenters. The van der Waals surface area contributed by atoms with Gasteiger partial charge in [-0.15, -0.1) is 12.4 Å². The average Bonchev–Trinajstić information content (AvgIpc) is 2.64. The maximum absolute atomic E-state index is 12.2. The zero-order valence-corrected chi connectivity index (χ0v) is 15.4. The van der Waals surface area contributed by atoms with Crippen LogP contribution in [0.25, 0.3) is 11.1 Å². The van der Waals surface area contributed by atoms with Gasteiger partial charge in [0.15, 0.2) is 0 Å². The summed E-state index contributed by atoms with van der Waals surface area (Å²) in [4.78, 5) is 12.2. The third kappa shape index (κ3) is 5.11. The Labute approximate surface area is 159 Å². The summed E-state index contributed by atoms with van der Waals surface area (Å²) in [6, 6.07) is 14.8. The number of benzene rings is 2. The Balaban J connectivity index is 0.00000243. The van der Waals surface area contributed by atoms with E-state index in [-0.39, 0.29) is 24.5 Å². The summed E-state index contributed by atoms with van der Waals surface area (Å²) >= 11 is 0. The van der Waals surface area contributed by atoms with E-state index in [2.05, 4.69) is 16.0 Å². The van der Waals surface area contributed by atoms with Crippen molar-refractivity contribution in [1.82, 2.24) is 10.6 Å². The number of aliphatic hydroxyl groups excluding tert-OH is 1. The van der Waals surface area contributed by atoms with Crippen LogP contribution in [0.4, 0.5) is 10.5 Å². The summed E-state index contributed by atoms with van der Waals surface area (Å²) in [6.45, 7) is 1.28. The zero-order chi connectivity index (χ0) is 17.6. The van der Waals surface area contributed by atoms with Gasteiger partial charge in [-0.1, -0.05) is 24.3 Å². The van der Waals surface area contributed by atoms with Gasteiger partial charge in [-0.05, 0) is 48.4 Å². The predicted octanol–water partition coefficient (Wildman–Crippen LogP) is 2.63. The van der Waals surface area contributed by atoms with Crippen molar-refractivity contribution < 1.29 is 14.6 Å². The highest BCUT2D eigenvalue weighted by molar-refractivity contribution is 5.90. The Hall–Kier alpha value is -2.28. The van der Waals surface area contributed by atoms with Crippen LogP contribution in [0.1, 0.15) is 6.42 Å². The minimum atomic E-state index is -0.567. The van der Waals surface area contributed by atoms with E-state index in [0.717, 1.165) is 23.4 Å². The number of halogens is 1. The van der Waals surface area contributed by atoms with E-state index in [9.17, 15) is 9.90 Å². The minimum Gasteiger partial charge on any atom is -0.497 e. The van der Waals surface area contributed by atoms with E-state index in [0.29, 0.717) is 18.7 Å². The summed E-state index contributed by atoms with van der Waals surface area (Å²) < 4.78 is 5.26. The highest BCUT2D eigenvalue weighted by Gasteiger charge is 2.24. The largest absolute Gasteiger partial charge is 0.497 e. The van der Waals surface area contributed by atoms with Crippen LogP contribution in [0.2, 0.25) is 0 Å². The molecule has 1 heterocycles. The Morgan fingerprint density at radius 2 is 1.92 bits per heavy atom. The van der Waals surface area contributed by atoms with E-state index in [1.54, 1.807) is 7.11 Å². The molecule has 4 N–H and O–H groups in total. The first-order valence-electron chi connectivity index (χ1n) is 8.36. The molecule has 0 radical (unpaired) electrons. The van der Waals surface area contributed by atoms with E-state index in [1.165, 1.54) is 0 Å². The minimum absolute atomic E-state index is 0. The number of hydrogen-bond acceptors (Lipinski definition) is 4. The number of urea groups is 1. The lowest BCUT2D eigenvalue weighted by molar-refractivity contribution is 0.107. The number of carbonyl (C=O) groups is 1. The lowest BCUT2D eigenvalue weighted by Gasteiger charge is -2.29. The smallest absolute Gasteiger partial charge is 0.319 e. The molecule has 2 aromatic rings. The maximum atomic E-state index is 12.2. The van der Waals surface area contributed by atoms with E-state index in [1.807, 2.05) is 48.5 Å². The lowest BCUT2D eigenvalue weighted by Crippen LogP contribution is -2.53. The van der Waals surface area contributed by atoms with Crippen LogP contribution < -0.4 is 20.7 Å². The number of anilines is 1. The van der Waals surface area contributed by atoms with Gasteiger partial charge in [0, 0.05) is 12.2 Å². The molecule has 6 nitrogen and oxygen atoms in total. The number of amides is 2. The molecule has 26 heavy (non-hydrogen) atoms. The van der Waals surface area contributed by atoms with Crippen molar-refractivity contribution in [2.75, 3.05) is 25.5 Å². The Morgan fingerprint density at radius 3 is 2.65 bits per heavy atom. The molecular formula is C19H24ClN3O3. The molecule has 0 spiro atoms. The second-order valence-electron chi connectivity index (χ2n) is 6.08. The van der Waals surface area contributed by atoms with Gasteiger partial charge in [-0.3, -0.25) is 0 Å². The number of ether oxygens (including phenoxy) is 1. The molecule has 2 atom stereocenters. The molecule has 2 amide bonds. The topological polar surface area (TPSA) is 82.6 Å².